The summed E-state index contributed by atoms with van der Waals surface area (Å²) < 4.78 is 0. The van der Waals surface area contributed by atoms with E-state index in [9.17, 15) is 14.4 Å². The third-order valence-corrected chi connectivity index (χ3v) is 6.16. The van der Waals surface area contributed by atoms with E-state index in [0.29, 0.717) is 38.7 Å². The highest BCUT2D eigenvalue weighted by molar-refractivity contribution is 14.0. The summed E-state index contributed by atoms with van der Waals surface area (Å²) in [4.78, 5) is 42.9. The van der Waals surface area contributed by atoms with Gasteiger partial charge < -0.3 is 16.0 Å². The molecule has 9 heteroatoms. The monoisotopic (exact) mass is 515 g/mol. The molecule has 0 aromatic rings. The molecular weight excluding hydrogens is 485 g/mol. The summed E-state index contributed by atoms with van der Waals surface area (Å²) in [5.41, 5.74) is 0. The van der Waals surface area contributed by atoms with Gasteiger partial charge in [-0.25, -0.2) is 0 Å². The van der Waals surface area contributed by atoms with Crippen molar-refractivity contribution >= 4 is 47.7 Å². The van der Waals surface area contributed by atoms with Crippen LogP contribution >= 0.6 is 24.0 Å². The third kappa shape index (κ3) is 4.59. The number of guanidine groups is 1. The Morgan fingerprint density at radius 1 is 1.07 bits per heavy atom. The Morgan fingerprint density at radius 3 is 2.31 bits per heavy atom. The predicted octanol–water partition coefficient (Wildman–Crippen LogP) is 0.493. The molecule has 4 rings (SSSR count). The van der Waals surface area contributed by atoms with Gasteiger partial charge in [0.15, 0.2) is 5.96 Å². The SMILES string of the molecule is CCNC(=NCCNC(=O)C1CC1)NCCN1C(=O)C2C3C=CC(C3)C2C1=O.I. The predicted molar refractivity (Wildman–Crippen MR) is 120 cm³/mol. The molecule has 0 spiro atoms. The van der Waals surface area contributed by atoms with Gasteiger partial charge in [0.1, 0.15) is 0 Å². The standard InChI is InChI=1S/C20H29N5O3.HI/c1-2-21-20(23-8-7-22-17(26)12-3-4-12)24-9-10-25-18(27)15-13-5-6-14(11-13)16(15)19(25)28;/h5-6,12-16H,2-4,7-11H2,1H3,(H,22,26)(H2,21,23,24);1H. The second-order valence-corrected chi connectivity index (χ2v) is 8.08. The molecule has 0 aromatic heterocycles. The number of hydrogen-bond donors (Lipinski definition) is 3. The first-order valence-electron chi connectivity index (χ1n) is 10.4. The molecule has 4 unspecified atom stereocenters. The first kappa shape index (κ1) is 22.0. The van der Waals surface area contributed by atoms with Crippen LogP contribution in [-0.2, 0) is 14.4 Å². The van der Waals surface area contributed by atoms with E-state index in [1.807, 2.05) is 6.92 Å². The van der Waals surface area contributed by atoms with Crippen molar-refractivity contribution in [3.05, 3.63) is 12.2 Å². The second kappa shape index (κ2) is 9.44. The molecule has 1 aliphatic heterocycles. The minimum atomic E-state index is -0.139. The van der Waals surface area contributed by atoms with Crippen molar-refractivity contribution in [2.24, 2.45) is 34.6 Å². The number of imide groups is 1. The highest BCUT2D eigenvalue weighted by Crippen LogP contribution is 2.52. The van der Waals surface area contributed by atoms with Crippen LogP contribution in [0.25, 0.3) is 0 Å². The van der Waals surface area contributed by atoms with Crippen molar-refractivity contribution in [1.29, 1.82) is 0 Å². The van der Waals surface area contributed by atoms with Crippen LogP contribution in [0.15, 0.2) is 17.1 Å². The molecule has 4 atom stereocenters. The number of allylic oxidation sites excluding steroid dienone is 2. The lowest BCUT2D eigenvalue weighted by Gasteiger charge is -2.18. The maximum atomic E-state index is 12.7. The lowest BCUT2D eigenvalue weighted by molar-refractivity contribution is -0.140. The summed E-state index contributed by atoms with van der Waals surface area (Å²) in [7, 11) is 0. The number of hydrogen-bond acceptors (Lipinski definition) is 4. The number of halogens is 1. The Bertz CT molecular complexity index is 691. The molecular formula is C20H30IN5O3. The Hall–Kier alpha value is -1.65. The van der Waals surface area contributed by atoms with Crippen LogP contribution < -0.4 is 16.0 Å². The van der Waals surface area contributed by atoms with E-state index in [1.165, 1.54) is 4.90 Å². The van der Waals surface area contributed by atoms with Gasteiger partial charge in [-0.2, -0.15) is 0 Å². The Labute approximate surface area is 188 Å². The van der Waals surface area contributed by atoms with E-state index < -0.39 is 0 Å². The van der Waals surface area contributed by atoms with Gasteiger partial charge >= 0.3 is 0 Å². The van der Waals surface area contributed by atoms with Gasteiger partial charge in [0.25, 0.3) is 0 Å². The van der Waals surface area contributed by atoms with Gasteiger partial charge in [-0.15, -0.1) is 24.0 Å². The molecule has 1 saturated heterocycles. The highest BCUT2D eigenvalue weighted by Gasteiger charge is 2.58. The van der Waals surface area contributed by atoms with E-state index in [0.717, 1.165) is 19.3 Å². The van der Waals surface area contributed by atoms with Gasteiger partial charge in [-0.1, -0.05) is 12.2 Å². The Kier molecular flexibility index (Phi) is 7.18. The van der Waals surface area contributed by atoms with Crippen LogP contribution in [-0.4, -0.2) is 61.3 Å². The normalized spacial score (nSPS) is 29.7. The number of fused-ring (bicyclic) bond motifs is 5. The second-order valence-electron chi connectivity index (χ2n) is 8.08. The van der Waals surface area contributed by atoms with Gasteiger partial charge in [-0.3, -0.25) is 24.3 Å². The van der Waals surface area contributed by atoms with E-state index in [1.54, 1.807) is 0 Å². The van der Waals surface area contributed by atoms with Crippen molar-refractivity contribution in [3.8, 4) is 0 Å². The minimum absolute atomic E-state index is 0. The quantitative estimate of drug-likeness (QED) is 0.109. The van der Waals surface area contributed by atoms with Gasteiger partial charge in [-0.05, 0) is 38.0 Å². The smallest absolute Gasteiger partial charge is 0.233 e. The number of nitrogens with zero attached hydrogens (tertiary/aromatic N) is 2. The fourth-order valence-corrected chi connectivity index (χ4v) is 4.65. The molecule has 2 bridgehead atoms. The fraction of sp³-hybridized carbons (Fsp3) is 0.700. The van der Waals surface area contributed by atoms with Crippen LogP contribution in [0.3, 0.4) is 0 Å². The average molecular weight is 515 g/mol. The molecule has 3 aliphatic carbocycles. The summed E-state index contributed by atoms with van der Waals surface area (Å²) in [6.07, 6.45) is 7.15. The molecule has 29 heavy (non-hydrogen) atoms. The van der Waals surface area contributed by atoms with Crippen LogP contribution in [0.2, 0.25) is 0 Å². The molecule has 8 nitrogen and oxygen atoms in total. The molecule has 1 heterocycles. The third-order valence-electron chi connectivity index (χ3n) is 6.16. The number of carbonyl (C=O) groups is 3. The molecule has 3 N–H and O–H groups in total. The number of likely N-dealkylation sites (tertiary alicyclic amines) is 1. The summed E-state index contributed by atoms with van der Waals surface area (Å²) >= 11 is 0. The fourth-order valence-electron chi connectivity index (χ4n) is 4.65. The lowest BCUT2D eigenvalue weighted by Crippen LogP contribution is -2.44. The van der Waals surface area contributed by atoms with Crippen LogP contribution in [0.1, 0.15) is 26.2 Å². The first-order chi connectivity index (χ1) is 13.6. The Morgan fingerprint density at radius 2 is 1.72 bits per heavy atom. The number of rotatable bonds is 8. The topological polar surface area (TPSA) is 103 Å². The maximum absolute atomic E-state index is 12.7. The van der Waals surface area contributed by atoms with Crippen molar-refractivity contribution in [1.82, 2.24) is 20.9 Å². The van der Waals surface area contributed by atoms with Crippen LogP contribution in [0.4, 0.5) is 0 Å². The van der Waals surface area contributed by atoms with Gasteiger partial charge in [0, 0.05) is 32.1 Å². The zero-order chi connectivity index (χ0) is 19.7. The number of nitrogens with one attached hydrogen (secondary N) is 3. The minimum Gasteiger partial charge on any atom is -0.357 e. The zero-order valence-corrected chi connectivity index (χ0v) is 19.1. The van der Waals surface area contributed by atoms with E-state index in [-0.39, 0.29) is 71.3 Å². The van der Waals surface area contributed by atoms with Crippen LogP contribution in [0.5, 0.6) is 0 Å². The van der Waals surface area contributed by atoms with Gasteiger partial charge in [0.05, 0.1) is 18.4 Å². The van der Waals surface area contributed by atoms with Crippen molar-refractivity contribution in [2.75, 3.05) is 32.7 Å². The molecule has 2 saturated carbocycles. The van der Waals surface area contributed by atoms with E-state index in [2.05, 4.69) is 33.1 Å². The molecule has 0 radical (unpaired) electrons. The van der Waals surface area contributed by atoms with Gasteiger partial charge in [0.2, 0.25) is 17.7 Å². The molecule has 0 aromatic carbocycles. The lowest BCUT2D eigenvalue weighted by atomic mass is 9.85. The summed E-state index contributed by atoms with van der Waals surface area (Å²) in [5, 5.41) is 9.21. The first-order valence-corrected chi connectivity index (χ1v) is 10.4. The summed E-state index contributed by atoms with van der Waals surface area (Å²) in [6, 6.07) is 0. The largest absolute Gasteiger partial charge is 0.357 e. The van der Waals surface area contributed by atoms with E-state index in [4.69, 9.17) is 0 Å². The number of amides is 3. The molecule has 160 valence electrons. The average Bonchev–Trinajstić information content (AvgIpc) is 3.26. The molecule has 3 fully saturated rings. The summed E-state index contributed by atoms with van der Waals surface area (Å²) in [5.74, 6) is 1.13. The summed E-state index contributed by atoms with van der Waals surface area (Å²) in [6.45, 7) is 4.49. The van der Waals surface area contributed by atoms with E-state index >= 15 is 0 Å². The highest BCUT2D eigenvalue weighted by atomic mass is 127. The number of carbonyl (C=O) groups excluding carboxylic acids is 3. The molecule has 3 amide bonds. The van der Waals surface area contributed by atoms with Crippen molar-refractivity contribution < 1.29 is 14.4 Å². The maximum Gasteiger partial charge on any atom is 0.233 e. The Balaban J connectivity index is 0.00000240. The van der Waals surface area contributed by atoms with Crippen LogP contribution in [0, 0.1) is 29.6 Å². The van der Waals surface area contributed by atoms with Crippen molar-refractivity contribution in [2.45, 2.75) is 26.2 Å². The van der Waals surface area contributed by atoms with Crippen molar-refractivity contribution in [3.63, 3.8) is 0 Å². The molecule has 4 aliphatic rings. The number of aliphatic imine (C=N–C) groups is 1. The zero-order valence-electron chi connectivity index (χ0n) is 16.7.